The summed E-state index contributed by atoms with van der Waals surface area (Å²) in [5, 5.41) is 3.93. The van der Waals surface area contributed by atoms with Crippen molar-refractivity contribution in [3.63, 3.8) is 0 Å². The highest BCUT2D eigenvalue weighted by Gasteiger charge is 2.37. The Morgan fingerprint density at radius 2 is 1.94 bits per heavy atom. The van der Waals surface area contributed by atoms with E-state index in [1.165, 1.54) is 10.7 Å². The molecule has 2 aromatic rings. The predicted octanol–water partition coefficient (Wildman–Crippen LogP) is 3.32. The number of halogens is 4. The average molecular weight is 318 g/mol. The number of hydrogen-bond acceptors (Lipinski definition) is 2. The summed E-state index contributed by atoms with van der Waals surface area (Å²) in [4.78, 5) is 3.86. The van der Waals surface area contributed by atoms with Crippen molar-refractivity contribution >= 4 is 15.9 Å². The Morgan fingerprint density at radius 1 is 1.28 bits per heavy atom. The van der Waals surface area contributed by atoms with Crippen LogP contribution in [-0.4, -0.2) is 14.8 Å². The number of fused-ring (bicyclic) bond motifs is 1. The predicted molar refractivity (Wildman–Crippen MR) is 60.7 cm³/mol. The number of alkyl halides is 1. The number of benzene rings is 1. The van der Waals surface area contributed by atoms with E-state index in [2.05, 4.69) is 26.0 Å². The van der Waals surface area contributed by atoms with Crippen LogP contribution in [-0.2, 0) is 0 Å². The van der Waals surface area contributed by atoms with E-state index in [4.69, 9.17) is 0 Å². The van der Waals surface area contributed by atoms with Crippen LogP contribution in [0.2, 0.25) is 0 Å². The third-order valence-electron chi connectivity index (χ3n) is 2.97. The maximum Gasteiger partial charge on any atom is 0.217 e. The van der Waals surface area contributed by atoms with Gasteiger partial charge in [-0.05, 0) is 28.1 Å². The standard InChI is InChI=1S/C11H7BrF3N3/c12-11-16-10-7(15)4-8(18(10)17-11)9-5(13)2-1-3-6(9)14/h1-3,7-8H,4H2/t7-,8-/m0/s1. The molecule has 0 saturated carbocycles. The van der Waals surface area contributed by atoms with Crippen molar-refractivity contribution in [3.8, 4) is 0 Å². The van der Waals surface area contributed by atoms with Gasteiger partial charge in [0.2, 0.25) is 4.73 Å². The molecule has 1 aliphatic heterocycles. The van der Waals surface area contributed by atoms with Gasteiger partial charge in [0.15, 0.2) is 12.0 Å². The molecule has 0 N–H and O–H groups in total. The third kappa shape index (κ3) is 1.65. The zero-order chi connectivity index (χ0) is 12.9. The second-order valence-corrected chi connectivity index (χ2v) is 4.75. The van der Waals surface area contributed by atoms with Gasteiger partial charge in [-0.3, -0.25) is 0 Å². The summed E-state index contributed by atoms with van der Waals surface area (Å²) in [5.74, 6) is -1.31. The Labute approximate surface area is 109 Å². The maximum atomic E-state index is 13.7. The molecule has 94 valence electrons. The highest BCUT2D eigenvalue weighted by Crippen LogP contribution is 2.41. The molecule has 0 saturated heterocycles. The molecule has 0 amide bonds. The van der Waals surface area contributed by atoms with Crippen molar-refractivity contribution in [1.29, 1.82) is 0 Å². The van der Waals surface area contributed by atoms with Crippen molar-refractivity contribution < 1.29 is 13.2 Å². The van der Waals surface area contributed by atoms with E-state index in [-0.39, 0.29) is 22.5 Å². The molecule has 0 radical (unpaired) electrons. The second kappa shape index (κ2) is 4.08. The molecule has 3 rings (SSSR count). The molecule has 1 aliphatic rings. The summed E-state index contributed by atoms with van der Waals surface area (Å²) in [7, 11) is 0. The van der Waals surface area contributed by atoms with Crippen molar-refractivity contribution in [1.82, 2.24) is 14.8 Å². The molecule has 1 aromatic carbocycles. The first-order valence-corrected chi connectivity index (χ1v) is 6.07. The summed E-state index contributed by atoms with van der Waals surface area (Å²) in [6.45, 7) is 0. The normalized spacial score (nSPS) is 22.2. The van der Waals surface area contributed by atoms with Crippen molar-refractivity contribution in [3.05, 3.63) is 46.0 Å². The summed E-state index contributed by atoms with van der Waals surface area (Å²) < 4.78 is 42.6. The first kappa shape index (κ1) is 11.7. The van der Waals surface area contributed by atoms with E-state index in [9.17, 15) is 13.2 Å². The lowest BCUT2D eigenvalue weighted by molar-refractivity contribution is 0.324. The van der Waals surface area contributed by atoms with E-state index in [1.54, 1.807) is 0 Å². The van der Waals surface area contributed by atoms with Crippen LogP contribution in [0.3, 0.4) is 0 Å². The quantitative estimate of drug-likeness (QED) is 0.807. The van der Waals surface area contributed by atoms with E-state index >= 15 is 0 Å². The Bertz CT molecular complexity index is 593. The molecule has 0 unspecified atom stereocenters. The number of hydrogen-bond donors (Lipinski definition) is 0. The van der Waals surface area contributed by atoms with Gasteiger partial charge in [0.05, 0.1) is 6.04 Å². The maximum absolute atomic E-state index is 13.7. The van der Waals surface area contributed by atoms with Gasteiger partial charge in [-0.1, -0.05) is 6.07 Å². The molecule has 18 heavy (non-hydrogen) atoms. The molecular formula is C11H7BrF3N3. The van der Waals surface area contributed by atoms with Crippen molar-refractivity contribution in [2.75, 3.05) is 0 Å². The minimum Gasteiger partial charge on any atom is -0.239 e. The lowest BCUT2D eigenvalue weighted by atomic mass is 10.0. The molecule has 0 fully saturated rings. The first-order valence-electron chi connectivity index (χ1n) is 5.28. The van der Waals surface area contributed by atoms with E-state index in [0.717, 1.165) is 12.1 Å². The fourth-order valence-electron chi connectivity index (χ4n) is 2.22. The molecule has 3 nitrogen and oxygen atoms in total. The third-order valence-corrected chi connectivity index (χ3v) is 3.31. The van der Waals surface area contributed by atoms with Crippen LogP contribution < -0.4 is 0 Å². The topological polar surface area (TPSA) is 30.7 Å². The van der Waals surface area contributed by atoms with Gasteiger partial charge in [-0.25, -0.2) is 22.8 Å². The van der Waals surface area contributed by atoms with Crippen LogP contribution in [0.25, 0.3) is 0 Å². The van der Waals surface area contributed by atoms with Crippen LogP contribution in [0.4, 0.5) is 13.2 Å². The minimum absolute atomic E-state index is 0.0551. The van der Waals surface area contributed by atoms with Gasteiger partial charge < -0.3 is 0 Å². The highest BCUT2D eigenvalue weighted by molar-refractivity contribution is 9.10. The van der Waals surface area contributed by atoms with Gasteiger partial charge in [0, 0.05) is 12.0 Å². The zero-order valence-electron chi connectivity index (χ0n) is 8.95. The lowest BCUT2D eigenvalue weighted by Crippen LogP contribution is -2.11. The SMILES string of the molecule is Fc1cccc(F)c1[C@@H]1C[C@H](F)c2nc(Br)nn21. The van der Waals surface area contributed by atoms with E-state index in [1.807, 2.05) is 0 Å². The molecular weight excluding hydrogens is 311 g/mol. The summed E-state index contributed by atoms with van der Waals surface area (Å²) >= 11 is 3.03. The van der Waals surface area contributed by atoms with Crippen LogP contribution >= 0.6 is 15.9 Å². The Morgan fingerprint density at radius 3 is 2.61 bits per heavy atom. The summed E-state index contributed by atoms with van der Waals surface area (Å²) in [6, 6.07) is 2.77. The van der Waals surface area contributed by atoms with Gasteiger partial charge >= 0.3 is 0 Å². The van der Waals surface area contributed by atoms with Gasteiger partial charge in [-0.15, -0.1) is 5.10 Å². The average Bonchev–Trinajstić information content (AvgIpc) is 2.80. The van der Waals surface area contributed by atoms with Crippen molar-refractivity contribution in [2.24, 2.45) is 0 Å². The van der Waals surface area contributed by atoms with Gasteiger partial charge in [0.1, 0.15) is 11.6 Å². The van der Waals surface area contributed by atoms with Crippen LogP contribution in [0.15, 0.2) is 22.9 Å². The molecule has 0 bridgehead atoms. The first-order chi connectivity index (χ1) is 8.58. The fraction of sp³-hybridized carbons (Fsp3) is 0.273. The summed E-state index contributed by atoms with van der Waals surface area (Å²) in [5.41, 5.74) is -0.170. The molecule has 2 atom stereocenters. The van der Waals surface area contributed by atoms with E-state index < -0.39 is 23.8 Å². The molecule has 1 aromatic heterocycles. The second-order valence-electron chi connectivity index (χ2n) is 4.04. The smallest absolute Gasteiger partial charge is 0.217 e. The Hall–Kier alpha value is -1.37. The monoisotopic (exact) mass is 317 g/mol. The van der Waals surface area contributed by atoms with Crippen LogP contribution in [0.1, 0.15) is 30.0 Å². The molecule has 0 aliphatic carbocycles. The number of aromatic nitrogens is 3. The molecule has 2 heterocycles. The zero-order valence-corrected chi connectivity index (χ0v) is 10.5. The van der Waals surface area contributed by atoms with Crippen LogP contribution in [0.5, 0.6) is 0 Å². The van der Waals surface area contributed by atoms with Gasteiger partial charge in [0.25, 0.3) is 0 Å². The van der Waals surface area contributed by atoms with Crippen molar-refractivity contribution in [2.45, 2.75) is 18.6 Å². The fourth-order valence-corrected chi connectivity index (χ4v) is 2.57. The lowest BCUT2D eigenvalue weighted by Gasteiger charge is -2.13. The van der Waals surface area contributed by atoms with Gasteiger partial charge in [-0.2, -0.15) is 0 Å². The molecule has 0 spiro atoms. The number of nitrogens with zero attached hydrogens (tertiary/aromatic N) is 3. The Balaban J connectivity index is 2.14. The van der Waals surface area contributed by atoms with E-state index in [0.29, 0.717) is 0 Å². The summed E-state index contributed by atoms with van der Waals surface area (Å²) in [6.07, 6.45) is -1.42. The Kier molecular flexibility index (Phi) is 2.65. The number of rotatable bonds is 1. The molecule has 7 heteroatoms. The minimum atomic E-state index is -1.37. The largest absolute Gasteiger partial charge is 0.239 e. The van der Waals surface area contributed by atoms with Crippen LogP contribution in [0, 0.1) is 11.6 Å². The highest BCUT2D eigenvalue weighted by atomic mass is 79.9.